The van der Waals surface area contributed by atoms with Crippen molar-refractivity contribution in [2.24, 2.45) is 5.41 Å². The normalized spacial score (nSPS) is 13.3. The lowest BCUT2D eigenvalue weighted by molar-refractivity contribution is 0.358. The minimum Gasteiger partial charge on any atom is -0.366 e. The van der Waals surface area contributed by atoms with Crippen LogP contribution < -0.4 is 5.32 Å². The first-order chi connectivity index (χ1) is 10.9. The van der Waals surface area contributed by atoms with Gasteiger partial charge < -0.3 is 5.32 Å². The Hall–Kier alpha value is -2.50. The maximum atomic E-state index is 14.0. The van der Waals surface area contributed by atoms with Crippen LogP contribution in [0.4, 0.5) is 10.2 Å². The van der Waals surface area contributed by atoms with Gasteiger partial charge in [-0.3, -0.25) is 0 Å². The Morgan fingerprint density at radius 1 is 1.09 bits per heavy atom. The molecule has 23 heavy (non-hydrogen) atoms. The molecule has 1 unspecified atom stereocenters. The number of anilines is 1. The van der Waals surface area contributed by atoms with E-state index in [9.17, 15) is 4.39 Å². The van der Waals surface area contributed by atoms with E-state index in [-0.39, 0.29) is 17.3 Å². The summed E-state index contributed by atoms with van der Waals surface area (Å²) in [5.74, 6) is 0.757. The molecule has 1 N–H and O–H groups in total. The van der Waals surface area contributed by atoms with Gasteiger partial charge in [0, 0.05) is 6.04 Å². The number of hydrogen-bond acceptors (Lipinski definition) is 4. The van der Waals surface area contributed by atoms with E-state index in [0.29, 0.717) is 22.9 Å². The molecular formula is C17H20FN5. The van der Waals surface area contributed by atoms with Crippen molar-refractivity contribution < 1.29 is 4.39 Å². The molecule has 5 nitrogen and oxygen atoms in total. The van der Waals surface area contributed by atoms with Gasteiger partial charge in [0.1, 0.15) is 11.6 Å². The minimum atomic E-state index is -0.343. The lowest BCUT2D eigenvalue weighted by atomic mass is 9.88. The van der Waals surface area contributed by atoms with Gasteiger partial charge in [-0.2, -0.15) is 4.52 Å². The molecule has 2 heterocycles. The van der Waals surface area contributed by atoms with Crippen molar-refractivity contribution >= 4 is 11.5 Å². The van der Waals surface area contributed by atoms with Crippen molar-refractivity contribution in [1.29, 1.82) is 0 Å². The Balaban J connectivity index is 2.03. The predicted molar refractivity (Wildman–Crippen MR) is 88.7 cm³/mol. The van der Waals surface area contributed by atoms with Gasteiger partial charge >= 0.3 is 0 Å². The SMILES string of the molecule is CC(Nc1ccc2nnc(-c3ccccc3F)n2n1)C(C)(C)C. The van der Waals surface area contributed by atoms with Gasteiger partial charge in [0.15, 0.2) is 11.5 Å². The second-order valence-corrected chi connectivity index (χ2v) is 6.72. The smallest absolute Gasteiger partial charge is 0.188 e. The van der Waals surface area contributed by atoms with E-state index in [0.717, 1.165) is 0 Å². The largest absolute Gasteiger partial charge is 0.366 e. The first-order valence-electron chi connectivity index (χ1n) is 7.60. The summed E-state index contributed by atoms with van der Waals surface area (Å²) in [5, 5.41) is 16.0. The number of fused-ring (bicyclic) bond motifs is 1. The van der Waals surface area contributed by atoms with Gasteiger partial charge in [0.2, 0.25) is 0 Å². The molecule has 6 heteroatoms. The molecule has 0 fully saturated rings. The van der Waals surface area contributed by atoms with Crippen LogP contribution in [0, 0.1) is 11.2 Å². The second kappa shape index (κ2) is 5.61. The van der Waals surface area contributed by atoms with Gasteiger partial charge in [0.25, 0.3) is 0 Å². The predicted octanol–water partition coefficient (Wildman–Crippen LogP) is 3.78. The van der Waals surface area contributed by atoms with Crippen LogP contribution in [-0.4, -0.2) is 25.9 Å². The number of halogens is 1. The molecule has 0 saturated carbocycles. The van der Waals surface area contributed by atoms with Crippen LogP contribution in [0.1, 0.15) is 27.7 Å². The molecular weight excluding hydrogens is 293 g/mol. The van der Waals surface area contributed by atoms with Gasteiger partial charge in [-0.15, -0.1) is 15.3 Å². The summed E-state index contributed by atoms with van der Waals surface area (Å²) in [4.78, 5) is 0. The highest BCUT2D eigenvalue weighted by Crippen LogP contribution is 2.24. The van der Waals surface area contributed by atoms with Gasteiger partial charge in [-0.1, -0.05) is 32.9 Å². The third-order valence-corrected chi connectivity index (χ3v) is 4.04. The molecule has 2 aromatic heterocycles. The number of nitrogens with one attached hydrogen (secondary N) is 1. The van der Waals surface area contributed by atoms with Crippen molar-refractivity contribution in [3.8, 4) is 11.4 Å². The average Bonchev–Trinajstić information content (AvgIpc) is 2.90. The van der Waals surface area contributed by atoms with Crippen LogP contribution in [0.5, 0.6) is 0 Å². The maximum Gasteiger partial charge on any atom is 0.188 e. The lowest BCUT2D eigenvalue weighted by Crippen LogP contribution is -2.31. The molecule has 3 aromatic rings. The lowest BCUT2D eigenvalue weighted by Gasteiger charge is -2.28. The topological polar surface area (TPSA) is 55.1 Å². The standard InChI is InChI=1S/C17H20FN5/c1-11(17(2,3)4)19-14-9-10-15-20-21-16(23(15)22-14)12-7-5-6-8-13(12)18/h5-11H,1-4H3,(H,19,22). The summed E-state index contributed by atoms with van der Waals surface area (Å²) < 4.78 is 15.6. The Bertz CT molecular complexity index is 834. The molecule has 1 atom stereocenters. The van der Waals surface area contributed by atoms with E-state index in [1.807, 2.05) is 12.1 Å². The summed E-state index contributed by atoms with van der Waals surface area (Å²) in [6.07, 6.45) is 0. The zero-order chi connectivity index (χ0) is 16.6. The minimum absolute atomic E-state index is 0.0954. The fraction of sp³-hybridized carbons (Fsp3) is 0.353. The third kappa shape index (κ3) is 3.02. The van der Waals surface area contributed by atoms with Crippen LogP contribution >= 0.6 is 0 Å². The molecule has 1 aromatic carbocycles. The molecule has 0 amide bonds. The second-order valence-electron chi connectivity index (χ2n) is 6.72. The summed E-state index contributed by atoms with van der Waals surface area (Å²) >= 11 is 0. The fourth-order valence-electron chi connectivity index (χ4n) is 2.11. The molecule has 120 valence electrons. The molecule has 0 radical (unpaired) electrons. The zero-order valence-electron chi connectivity index (χ0n) is 13.7. The van der Waals surface area contributed by atoms with Crippen LogP contribution in [0.15, 0.2) is 36.4 Å². The quantitative estimate of drug-likeness (QED) is 0.799. The van der Waals surface area contributed by atoms with Gasteiger partial charge in [0.05, 0.1) is 5.56 Å². The molecule has 0 aliphatic heterocycles. The van der Waals surface area contributed by atoms with E-state index in [2.05, 4.69) is 48.3 Å². The summed E-state index contributed by atoms with van der Waals surface area (Å²) in [6.45, 7) is 8.59. The molecule has 0 spiro atoms. The van der Waals surface area contributed by atoms with Crippen molar-refractivity contribution in [3.63, 3.8) is 0 Å². The Morgan fingerprint density at radius 2 is 1.83 bits per heavy atom. The number of benzene rings is 1. The molecule has 0 bridgehead atoms. The van der Waals surface area contributed by atoms with E-state index in [1.165, 1.54) is 6.07 Å². The van der Waals surface area contributed by atoms with E-state index in [1.54, 1.807) is 22.7 Å². The van der Waals surface area contributed by atoms with Crippen molar-refractivity contribution in [3.05, 3.63) is 42.2 Å². The molecule has 0 aliphatic carbocycles. The van der Waals surface area contributed by atoms with Gasteiger partial charge in [-0.25, -0.2) is 4.39 Å². The van der Waals surface area contributed by atoms with Crippen LogP contribution in [0.3, 0.4) is 0 Å². The summed E-state index contributed by atoms with van der Waals surface area (Å²) in [6, 6.07) is 10.4. The van der Waals surface area contributed by atoms with Crippen molar-refractivity contribution in [1.82, 2.24) is 19.8 Å². The number of hydrogen-bond donors (Lipinski definition) is 1. The van der Waals surface area contributed by atoms with E-state index in [4.69, 9.17) is 0 Å². The van der Waals surface area contributed by atoms with Crippen molar-refractivity contribution in [2.75, 3.05) is 5.32 Å². The number of aromatic nitrogens is 4. The average molecular weight is 313 g/mol. The molecule has 0 saturated heterocycles. The molecule has 0 aliphatic rings. The third-order valence-electron chi connectivity index (χ3n) is 4.04. The number of nitrogens with zero attached hydrogens (tertiary/aromatic N) is 4. The monoisotopic (exact) mass is 313 g/mol. The summed E-state index contributed by atoms with van der Waals surface area (Å²) in [7, 11) is 0. The highest BCUT2D eigenvalue weighted by atomic mass is 19.1. The Labute approximate surface area is 134 Å². The van der Waals surface area contributed by atoms with E-state index < -0.39 is 0 Å². The summed E-state index contributed by atoms with van der Waals surface area (Å²) in [5.41, 5.74) is 1.06. The van der Waals surface area contributed by atoms with Crippen molar-refractivity contribution in [2.45, 2.75) is 33.7 Å². The first kappa shape index (κ1) is 15.4. The first-order valence-corrected chi connectivity index (χ1v) is 7.60. The zero-order valence-corrected chi connectivity index (χ0v) is 13.7. The van der Waals surface area contributed by atoms with Crippen LogP contribution in [-0.2, 0) is 0 Å². The van der Waals surface area contributed by atoms with Crippen LogP contribution in [0.2, 0.25) is 0 Å². The Morgan fingerprint density at radius 3 is 2.52 bits per heavy atom. The van der Waals surface area contributed by atoms with Gasteiger partial charge in [-0.05, 0) is 36.6 Å². The highest BCUT2D eigenvalue weighted by Gasteiger charge is 2.20. The van der Waals surface area contributed by atoms with Crippen LogP contribution in [0.25, 0.3) is 17.0 Å². The maximum absolute atomic E-state index is 14.0. The fourth-order valence-corrected chi connectivity index (χ4v) is 2.11. The molecule has 3 rings (SSSR count). The highest BCUT2D eigenvalue weighted by molar-refractivity contribution is 5.60. The van der Waals surface area contributed by atoms with E-state index >= 15 is 0 Å². The number of rotatable bonds is 3. The Kier molecular flexibility index (Phi) is 3.75.